The van der Waals surface area contributed by atoms with Crippen molar-refractivity contribution in [2.75, 3.05) is 20.2 Å². The average molecular weight is 362 g/mol. The molecule has 0 aliphatic heterocycles. The first-order chi connectivity index (χ1) is 11.7. The first-order valence-corrected chi connectivity index (χ1v) is 9.91. The summed E-state index contributed by atoms with van der Waals surface area (Å²) in [5.74, 6) is 0.460. The standard InChI is InChI=1S/C19H43N3O3/c1-9-11-12-13-14-23-22(8)18(21-25-19(6,7)10-2)15-20-24-17(5)16(3)4/h16-18,20-21H,9-15H2,1-8H3. The molecule has 0 amide bonds. The monoisotopic (exact) mass is 361 g/mol. The third-order valence-electron chi connectivity index (χ3n) is 4.54. The Kier molecular flexibility index (Phi) is 13.8. The van der Waals surface area contributed by atoms with E-state index in [9.17, 15) is 0 Å². The summed E-state index contributed by atoms with van der Waals surface area (Å²) >= 11 is 0. The molecule has 0 aliphatic rings. The van der Waals surface area contributed by atoms with Crippen molar-refractivity contribution in [3.05, 3.63) is 0 Å². The fraction of sp³-hybridized carbons (Fsp3) is 1.00. The number of likely N-dealkylation sites (N-methyl/N-ethyl adjacent to an activating group) is 1. The molecule has 0 rings (SSSR count). The Morgan fingerprint density at radius 2 is 1.72 bits per heavy atom. The molecule has 2 atom stereocenters. The Labute approximate surface area is 155 Å². The van der Waals surface area contributed by atoms with Gasteiger partial charge in [0.25, 0.3) is 0 Å². The molecule has 0 aromatic rings. The molecule has 2 N–H and O–H groups in total. The van der Waals surface area contributed by atoms with Crippen LogP contribution in [0.2, 0.25) is 0 Å². The summed E-state index contributed by atoms with van der Waals surface area (Å²) < 4.78 is 0. The molecule has 6 nitrogen and oxygen atoms in total. The number of nitrogens with zero attached hydrogens (tertiary/aromatic N) is 1. The maximum absolute atomic E-state index is 5.85. The summed E-state index contributed by atoms with van der Waals surface area (Å²) in [6.07, 6.45) is 5.68. The van der Waals surface area contributed by atoms with Gasteiger partial charge in [-0.1, -0.05) is 47.0 Å². The number of hydrogen-bond acceptors (Lipinski definition) is 6. The van der Waals surface area contributed by atoms with Gasteiger partial charge in [-0.3, -0.25) is 14.5 Å². The number of rotatable bonds is 16. The molecule has 0 saturated carbocycles. The molecule has 0 saturated heterocycles. The van der Waals surface area contributed by atoms with Crippen molar-refractivity contribution in [3.63, 3.8) is 0 Å². The molecule has 0 aliphatic carbocycles. The minimum Gasteiger partial charge on any atom is -0.298 e. The second-order valence-electron chi connectivity index (χ2n) is 7.70. The highest BCUT2D eigenvalue weighted by atomic mass is 16.7. The Morgan fingerprint density at radius 1 is 1.04 bits per heavy atom. The van der Waals surface area contributed by atoms with Crippen molar-refractivity contribution in [3.8, 4) is 0 Å². The van der Waals surface area contributed by atoms with Crippen LogP contribution in [-0.4, -0.2) is 43.1 Å². The Hall–Kier alpha value is -0.240. The predicted octanol–water partition coefficient (Wildman–Crippen LogP) is 4.03. The zero-order valence-corrected chi connectivity index (χ0v) is 17.9. The van der Waals surface area contributed by atoms with Gasteiger partial charge >= 0.3 is 0 Å². The van der Waals surface area contributed by atoms with Crippen LogP contribution < -0.4 is 11.0 Å². The molecule has 0 heterocycles. The molecule has 2 unspecified atom stereocenters. The Bertz CT molecular complexity index is 314. The first-order valence-electron chi connectivity index (χ1n) is 9.91. The number of hydrogen-bond donors (Lipinski definition) is 2. The van der Waals surface area contributed by atoms with Crippen LogP contribution in [0.15, 0.2) is 0 Å². The van der Waals surface area contributed by atoms with E-state index in [0.717, 1.165) is 19.4 Å². The third-order valence-corrected chi connectivity index (χ3v) is 4.54. The van der Waals surface area contributed by atoms with Gasteiger partial charge < -0.3 is 0 Å². The lowest BCUT2D eigenvalue weighted by Gasteiger charge is -2.32. The van der Waals surface area contributed by atoms with E-state index in [-0.39, 0.29) is 17.9 Å². The maximum Gasteiger partial charge on any atom is 0.122 e. The number of unbranched alkanes of at least 4 members (excludes halogenated alkanes) is 3. The quantitative estimate of drug-likeness (QED) is 0.246. The molecule has 0 aromatic heterocycles. The Balaban J connectivity index is 4.39. The molecule has 0 aromatic carbocycles. The van der Waals surface area contributed by atoms with E-state index in [1.807, 2.05) is 12.1 Å². The van der Waals surface area contributed by atoms with Gasteiger partial charge in [-0.2, -0.15) is 16.0 Å². The van der Waals surface area contributed by atoms with Crippen molar-refractivity contribution < 1.29 is 14.5 Å². The van der Waals surface area contributed by atoms with Crippen LogP contribution >= 0.6 is 0 Å². The summed E-state index contributed by atoms with van der Waals surface area (Å²) in [5.41, 5.74) is 5.94. The van der Waals surface area contributed by atoms with E-state index < -0.39 is 0 Å². The summed E-state index contributed by atoms with van der Waals surface area (Å²) in [7, 11) is 1.92. The smallest absolute Gasteiger partial charge is 0.122 e. The van der Waals surface area contributed by atoms with Crippen LogP contribution in [0.25, 0.3) is 0 Å². The van der Waals surface area contributed by atoms with Gasteiger partial charge in [-0.15, -0.1) is 0 Å². The topological polar surface area (TPSA) is 55.0 Å². The number of nitrogens with one attached hydrogen (secondary N) is 2. The summed E-state index contributed by atoms with van der Waals surface area (Å²) in [6, 6.07) is 0. The largest absolute Gasteiger partial charge is 0.298 e. The van der Waals surface area contributed by atoms with Crippen LogP contribution in [-0.2, 0) is 14.5 Å². The average Bonchev–Trinajstić information content (AvgIpc) is 2.57. The summed E-state index contributed by atoms with van der Waals surface area (Å²) in [5, 5.41) is 1.81. The second kappa shape index (κ2) is 13.9. The minimum absolute atomic E-state index is 0.142. The summed E-state index contributed by atoms with van der Waals surface area (Å²) in [6.45, 7) is 16.1. The van der Waals surface area contributed by atoms with Crippen LogP contribution in [0.5, 0.6) is 0 Å². The third kappa shape index (κ3) is 12.7. The highest BCUT2D eigenvalue weighted by Crippen LogP contribution is 2.12. The lowest BCUT2D eigenvalue weighted by molar-refractivity contribution is -0.225. The maximum atomic E-state index is 5.85. The lowest BCUT2D eigenvalue weighted by atomic mass is 10.1. The van der Waals surface area contributed by atoms with Gasteiger partial charge in [-0.25, -0.2) is 0 Å². The highest BCUT2D eigenvalue weighted by molar-refractivity contribution is 4.66. The van der Waals surface area contributed by atoms with E-state index in [4.69, 9.17) is 14.5 Å². The van der Waals surface area contributed by atoms with Gasteiger partial charge in [0.2, 0.25) is 0 Å². The van der Waals surface area contributed by atoms with Crippen LogP contribution in [0.4, 0.5) is 0 Å². The molecular weight excluding hydrogens is 318 g/mol. The van der Waals surface area contributed by atoms with E-state index in [2.05, 4.69) is 59.4 Å². The molecule has 6 heteroatoms. The van der Waals surface area contributed by atoms with Crippen molar-refractivity contribution in [1.29, 1.82) is 0 Å². The zero-order valence-electron chi connectivity index (χ0n) is 17.9. The first kappa shape index (κ1) is 24.8. The normalized spacial score (nSPS) is 15.1. The van der Waals surface area contributed by atoms with Crippen molar-refractivity contribution in [2.45, 2.75) is 98.4 Å². The SMILES string of the molecule is CCCCCCON(C)C(CNOC(C)C(C)C)NOC(C)(C)CC. The van der Waals surface area contributed by atoms with Gasteiger partial charge in [0, 0.05) is 7.05 Å². The Morgan fingerprint density at radius 3 is 2.28 bits per heavy atom. The lowest BCUT2D eigenvalue weighted by Crippen LogP contribution is -2.52. The van der Waals surface area contributed by atoms with Crippen LogP contribution in [0.1, 0.15) is 80.6 Å². The van der Waals surface area contributed by atoms with Crippen molar-refractivity contribution >= 4 is 0 Å². The molecule has 0 bridgehead atoms. The van der Waals surface area contributed by atoms with Gasteiger partial charge in [-0.05, 0) is 39.5 Å². The van der Waals surface area contributed by atoms with E-state index in [1.165, 1.54) is 19.3 Å². The summed E-state index contributed by atoms with van der Waals surface area (Å²) in [4.78, 5) is 17.4. The second-order valence-corrected chi connectivity index (χ2v) is 7.70. The number of hydroxylamine groups is 4. The minimum atomic E-state index is -0.230. The molecule has 152 valence electrons. The van der Waals surface area contributed by atoms with Crippen LogP contribution in [0.3, 0.4) is 0 Å². The van der Waals surface area contributed by atoms with Crippen molar-refractivity contribution in [1.82, 2.24) is 16.0 Å². The zero-order chi connectivity index (χ0) is 19.3. The van der Waals surface area contributed by atoms with E-state index >= 15 is 0 Å². The van der Waals surface area contributed by atoms with Crippen LogP contribution in [0, 0.1) is 5.92 Å². The molecular formula is C19H43N3O3. The molecule has 25 heavy (non-hydrogen) atoms. The van der Waals surface area contributed by atoms with E-state index in [0.29, 0.717) is 12.5 Å². The van der Waals surface area contributed by atoms with Gasteiger partial charge in [0.05, 0.1) is 24.9 Å². The van der Waals surface area contributed by atoms with Crippen molar-refractivity contribution in [2.24, 2.45) is 5.92 Å². The fourth-order valence-corrected chi connectivity index (χ4v) is 1.77. The molecule has 0 spiro atoms. The molecule has 0 fully saturated rings. The molecule has 0 radical (unpaired) electrons. The highest BCUT2D eigenvalue weighted by Gasteiger charge is 2.22. The predicted molar refractivity (Wildman–Crippen MR) is 104 cm³/mol. The van der Waals surface area contributed by atoms with Gasteiger partial charge in [0.1, 0.15) is 6.17 Å². The van der Waals surface area contributed by atoms with Gasteiger partial charge in [0.15, 0.2) is 0 Å². The fourth-order valence-electron chi connectivity index (χ4n) is 1.77. The van der Waals surface area contributed by atoms with E-state index in [1.54, 1.807) is 0 Å².